The Morgan fingerprint density at radius 2 is 1.92 bits per heavy atom. The van der Waals surface area contributed by atoms with Gasteiger partial charge in [-0.25, -0.2) is 4.79 Å². The summed E-state index contributed by atoms with van der Waals surface area (Å²) in [6.07, 6.45) is 1.18. The molecule has 4 heteroatoms. The molecule has 0 aromatic heterocycles. The van der Waals surface area contributed by atoms with E-state index in [0.717, 1.165) is 13.6 Å². The molecule has 1 rings (SSSR count). The second-order valence-corrected chi connectivity index (χ2v) is 4.42. The normalized spacial score (nSPS) is 11.4. The minimum atomic E-state index is -0.924. The standard InChI is InChI=1S/C9H6BrIO2/c10-7-3-1-6(2-4-7)8(11)5-9(12)13/h1-5H,(H,12,13)/b8-5-. The Kier molecular flexibility index (Phi) is 3.92. The first-order chi connectivity index (χ1) is 6.09. The van der Waals surface area contributed by atoms with Gasteiger partial charge in [0, 0.05) is 14.1 Å². The van der Waals surface area contributed by atoms with Crippen molar-refractivity contribution < 1.29 is 9.90 Å². The van der Waals surface area contributed by atoms with Crippen LogP contribution in [-0.2, 0) is 4.79 Å². The van der Waals surface area contributed by atoms with Crippen LogP contribution in [0.4, 0.5) is 0 Å². The molecule has 1 aromatic carbocycles. The van der Waals surface area contributed by atoms with E-state index in [0.29, 0.717) is 0 Å². The lowest BCUT2D eigenvalue weighted by atomic mass is 10.2. The molecule has 13 heavy (non-hydrogen) atoms. The fourth-order valence-corrected chi connectivity index (χ4v) is 1.69. The van der Waals surface area contributed by atoms with Crippen molar-refractivity contribution >= 4 is 48.1 Å². The van der Waals surface area contributed by atoms with Gasteiger partial charge < -0.3 is 5.11 Å². The maximum atomic E-state index is 10.4. The molecule has 68 valence electrons. The van der Waals surface area contributed by atoms with E-state index in [9.17, 15) is 4.79 Å². The lowest BCUT2D eigenvalue weighted by Crippen LogP contribution is -1.88. The molecule has 0 unspecified atom stereocenters. The fourth-order valence-electron chi connectivity index (χ4n) is 0.801. The number of hydrogen-bond donors (Lipinski definition) is 1. The van der Waals surface area contributed by atoms with Gasteiger partial charge in [0.15, 0.2) is 0 Å². The van der Waals surface area contributed by atoms with Crippen LogP contribution < -0.4 is 0 Å². The third-order valence-corrected chi connectivity index (χ3v) is 2.83. The second kappa shape index (κ2) is 4.76. The highest BCUT2D eigenvalue weighted by Crippen LogP contribution is 2.23. The van der Waals surface area contributed by atoms with Gasteiger partial charge >= 0.3 is 5.97 Å². The Labute approximate surface area is 97.9 Å². The Hall–Kier alpha value is -0.360. The fraction of sp³-hybridized carbons (Fsp3) is 0. The molecule has 0 atom stereocenters. The van der Waals surface area contributed by atoms with E-state index in [1.165, 1.54) is 6.08 Å². The van der Waals surface area contributed by atoms with Gasteiger partial charge in [-0.1, -0.05) is 28.1 Å². The largest absolute Gasteiger partial charge is 0.478 e. The summed E-state index contributed by atoms with van der Waals surface area (Å²) in [5, 5.41) is 8.51. The molecule has 0 radical (unpaired) electrons. The zero-order chi connectivity index (χ0) is 9.84. The third kappa shape index (κ3) is 3.48. The molecular formula is C9H6BrIO2. The minimum absolute atomic E-state index is 0.720. The number of carboxylic acids is 1. The summed E-state index contributed by atoms with van der Waals surface area (Å²) in [6, 6.07) is 7.49. The molecule has 0 amide bonds. The quantitative estimate of drug-likeness (QED) is 0.655. The number of carbonyl (C=O) groups is 1. The molecular weight excluding hydrogens is 347 g/mol. The van der Waals surface area contributed by atoms with Crippen molar-refractivity contribution in [1.82, 2.24) is 0 Å². The number of aliphatic carboxylic acids is 1. The average molecular weight is 353 g/mol. The highest BCUT2D eigenvalue weighted by molar-refractivity contribution is 14.1. The Morgan fingerprint density at radius 3 is 2.38 bits per heavy atom. The SMILES string of the molecule is O=C(O)/C=C(\I)c1ccc(Br)cc1. The number of rotatable bonds is 2. The zero-order valence-corrected chi connectivity index (χ0v) is 10.2. The molecule has 0 bridgehead atoms. The lowest BCUT2D eigenvalue weighted by molar-refractivity contribution is -0.131. The summed E-state index contributed by atoms with van der Waals surface area (Å²) in [7, 11) is 0. The monoisotopic (exact) mass is 352 g/mol. The summed E-state index contributed by atoms with van der Waals surface area (Å²) in [6.45, 7) is 0. The third-order valence-electron chi connectivity index (χ3n) is 1.37. The van der Waals surface area contributed by atoms with Crippen molar-refractivity contribution in [1.29, 1.82) is 0 Å². The molecule has 1 N–H and O–H groups in total. The van der Waals surface area contributed by atoms with Gasteiger partial charge in [0.25, 0.3) is 0 Å². The van der Waals surface area contributed by atoms with Crippen molar-refractivity contribution in [3.8, 4) is 0 Å². The molecule has 0 aliphatic rings. The van der Waals surface area contributed by atoms with Crippen LogP contribution in [0.5, 0.6) is 0 Å². The summed E-state index contributed by atoms with van der Waals surface area (Å²) in [5.74, 6) is -0.924. The van der Waals surface area contributed by atoms with Gasteiger partial charge in [-0.2, -0.15) is 0 Å². The van der Waals surface area contributed by atoms with E-state index in [1.807, 2.05) is 46.9 Å². The van der Waals surface area contributed by atoms with Crippen LogP contribution in [0, 0.1) is 0 Å². The Balaban J connectivity index is 2.96. The van der Waals surface area contributed by atoms with Crippen LogP contribution in [0.2, 0.25) is 0 Å². The van der Waals surface area contributed by atoms with E-state index in [1.54, 1.807) is 0 Å². The number of hydrogen-bond acceptors (Lipinski definition) is 1. The van der Waals surface area contributed by atoms with E-state index >= 15 is 0 Å². The van der Waals surface area contributed by atoms with Gasteiger partial charge in [-0.15, -0.1) is 0 Å². The Bertz CT molecular complexity index is 343. The molecule has 0 saturated heterocycles. The van der Waals surface area contributed by atoms with Gasteiger partial charge in [-0.3, -0.25) is 0 Å². The lowest BCUT2D eigenvalue weighted by Gasteiger charge is -1.97. The number of carboxylic acid groups (broad SMARTS) is 1. The summed E-state index contributed by atoms with van der Waals surface area (Å²) in [5.41, 5.74) is 0.909. The molecule has 0 heterocycles. The first-order valence-corrected chi connectivity index (χ1v) is 5.33. The van der Waals surface area contributed by atoms with Crippen LogP contribution in [0.3, 0.4) is 0 Å². The maximum absolute atomic E-state index is 10.4. The predicted octanol–water partition coefficient (Wildman–Crippen LogP) is 3.31. The van der Waals surface area contributed by atoms with E-state index in [-0.39, 0.29) is 0 Å². The smallest absolute Gasteiger partial charge is 0.329 e. The molecule has 1 aromatic rings. The van der Waals surface area contributed by atoms with Crippen LogP contribution in [0.1, 0.15) is 5.56 Å². The second-order valence-electron chi connectivity index (χ2n) is 2.34. The van der Waals surface area contributed by atoms with Crippen molar-refractivity contribution in [3.63, 3.8) is 0 Å². The first-order valence-electron chi connectivity index (χ1n) is 3.45. The molecule has 0 spiro atoms. The van der Waals surface area contributed by atoms with E-state index < -0.39 is 5.97 Å². The maximum Gasteiger partial charge on any atom is 0.329 e. The highest BCUT2D eigenvalue weighted by Gasteiger charge is 1.99. The van der Waals surface area contributed by atoms with Gasteiger partial charge in [0.1, 0.15) is 0 Å². The van der Waals surface area contributed by atoms with Crippen molar-refractivity contribution in [2.45, 2.75) is 0 Å². The van der Waals surface area contributed by atoms with Gasteiger partial charge in [-0.05, 0) is 40.3 Å². The summed E-state index contributed by atoms with van der Waals surface area (Å²) >= 11 is 5.31. The van der Waals surface area contributed by atoms with Crippen LogP contribution >= 0.6 is 38.5 Å². The molecule has 0 fully saturated rings. The van der Waals surface area contributed by atoms with Crippen molar-refractivity contribution in [3.05, 3.63) is 40.4 Å². The highest BCUT2D eigenvalue weighted by atomic mass is 127. The van der Waals surface area contributed by atoms with Gasteiger partial charge in [0.2, 0.25) is 0 Å². The topological polar surface area (TPSA) is 37.3 Å². The summed E-state index contributed by atoms with van der Waals surface area (Å²) < 4.78 is 1.70. The van der Waals surface area contributed by atoms with Gasteiger partial charge in [0.05, 0.1) is 0 Å². The average Bonchev–Trinajstić information content (AvgIpc) is 2.04. The molecule has 2 nitrogen and oxygen atoms in total. The van der Waals surface area contributed by atoms with Crippen molar-refractivity contribution in [2.75, 3.05) is 0 Å². The number of halogens is 2. The first kappa shape index (κ1) is 10.7. The van der Waals surface area contributed by atoms with Crippen LogP contribution in [-0.4, -0.2) is 11.1 Å². The summed E-state index contributed by atoms with van der Waals surface area (Å²) in [4.78, 5) is 10.4. The number of benzene rings is 1. The molecule has 0 aliphatic heterocycles. The van der Waals surface area contributed by atoms with Crippen molar-refractivity contribution in [2.24, 2.45) is 0 Å². The van der Waals surface area contributed by atoms with E-state index in [4.69, 9.17) is 5.11 Å². The predicted molar refractivity (Wildman–Crippen MR) is 63.8 cm³/mol. The molecule has 0 aliphatic carbocycles. The van der Waals surface area contributed by atoms with E-state index in [2.05, 4.69) is 15.9 Å². The minimum Gasteiger partial charge on any atom is -0.478 e. The van der Waals surface area contributed by atoms with Crippen LogP contribution in [0.15, 0.2) is 34.8 Å². The molecule has 0 saturated carbocycles. The Morgan fingerprint density at radius 1 is 1.38 bits per heavy atom. The van der Waals surface area contributed by atoms with Crippen LogP contribution in [0.25, 0.3) is 3.58 Å². The zero-order valence-electron chi connectivity index (χ0n) is 6.50.